The molecule has 0 unspecified atom stereocenters. The van der Waals surface area contributed by atoms with E-state index in [-0.39, 0.29) is 26.0 Å². The number of benzene rings is 3. The topological polar surface area (TPSA) is 25.8 Å². The molecule has 0 amide bonds. The third kappa shape index (κ3) is 7.95. The van der Waals surface area contributed by atoms with Gasteiger partial charge in [0.25, 0.3) is 0 Å². The summed E-state index contributed by atoms with van der Waals surface area (Å²) < 4.78 is 51.5. The van der Waals surface area contributed by atoms with Crippen molar-refractivity contribution in [2.75, 3.05) is 0 Å². The van der Waals surface area contributed by atoms with Crippen LogP contribution in [0, 0.1) is 24.9 Å². The van der Waals surface area contributed by atoms with Crippen LogP contribution < -0.4 is 4.40 Å². The van der Waals surface area contributed by atoms with Gasteiger partial charge in [0.05, 0.1) is 0 Å². The molecule has 0 fully saturated rings. The molecule has 3 aromatic heterocycles. The zero-order valence-electron chi connectivity index (χ0n) is 32.3. The Hall–Kier alpha value is -2.63. The van der Waals surface area contributed by atoms with E-state index in [1.54, 1.807) is 29.7 Å². The molecular formula is C39H42GeIrN2S-2. The van der Waals surface area contributed by atoms with Crippen molar-refractivity contribution in [3.8, 4) is 22.5 Å². The molecule has 44 heavy (non-hydrogen) atoms. The Morgan fingerprint density at radius 1 is 0.909 bits per heavy atom. The van der Waals surface area contributed by atoms with Crippen molar-refractivity contribution in [1.29, 1.82) is 0 Å². The molecule has 0 aliphatic rings. The predicted molar refractivity (Wildman–Crippen MR) is 190 cm³/mol. The van der Waals surface area contributed by atoms with E-state index in [0.29, 0.717) is 5.56 Å². The van der Waals surface area contributed by atoms with Crippen LogP contribution in [0.3, 0.4) is 0 Å². The van der Waals surface area contributed by atoms with Gasteiger partial charge in [0.2, 0.25) is 0 Å². The quantitative estimate of drug-likeness (QED) is 0.123. The normalized spacial score (nSPS) is 14.4. The molecule has 0 saturated heterocycles. The molecular weight excluding hydrogens is 793 g/mol. The summed E-state index contributed by atoms with van der Waals surface area (Å²) in [6, 6.07) is 29.1. The number of hydrogen-bond donors (Lipinski definition) is 0. The standard InChI is InChI=1S/C21H18NS.C18H24GeN.Ir/c1-13(2)15-9-10-22-19(12-15)18-6-4-5-17-16-8-7-14(3)11-20(16)23-21(17)18;1-14(2)11-16-12-18(15-9-7-6-8-10-15)20-13-17(16)19(3,4)5;/h4-5,7-13H,1-3H3;6-9,12-14H,11H2,1-5H3;/q2*-1;/i3D3,13D;11D2;. The van der Waals surface area contributed by atoms with Gasteiger partial charge in [-0.2, -0.15) is 11.3 Å². The third-order valence-electron chi connectivity index (χ3n) is 7.17. The fourth-order valence-corrected chi connectivity index (χ4v) is 9.19. The Morgan fingerprint density at radius 2 is 1.73 bits per heavy atom. The van der Waals surface area contributed by atoms with Crippen LogP contribution >= 0.6 is 11.3 Å². The molecule has 3 aromatic carbocycles. The van der Waals surface area contributed by atoms with E-state index in [4.69, 9.17) is 8.22 Å². The van der Waals surface area contributed by atoms with Crippen LogP contribution in [0.25, 0.3) is 42.7 Å². The summed E-state index contributed by atoms with van der Waals surface area (Å²) in [5.74, 6) is 6.06. The van der Waals surface area contributed by atoms with Crippen LogP contribution in [0.1, 0.15) is 58.5 Å². The van der Waals surface area contributed by atoms with Crippen molar-refractivity contribution in [2.45, 2.75) is 64.1 Å². The largest absolute Gasteiger partial charge is 0 e. The molecule has 0 aliphatic heterocycles. The van der Waals surface area contributed by atoms with Crippen molar-refractivity contribution >= 4 is 49.2 Å². The summed E-state index contributed by atoms with van der Waals surface area (Å²) in [7, 11) is 0. The second kappa shape index (κ2) is 14.6. The van der Waals surface area contributed by atoms with Crippen molar-refractivity contribution < 1.29 is 28.3 Å². The summed E-state index contributed by atoms with van der Waals surface area (Å²) in [6.45, 7) is 5.47. The minimum atomic E-state index is -2.20. The van der Waals surface area contributed by atoms with E-state index in [1.807, 2.05) is 94.6 Å². The maximum Gasteiger partial charge on any atom is 0 e. The van der Waals surface area contributed by atoms with E-state index in [0.717, 1.165) is 58.2 Å². The first-order chi connectivity index (χ1) is 22.8. The van der Waals surface area contributed by atoms with Gasteiger partial charge in [-0.05, 0) is 46.2 Å². The summed E-state index contributed by atoms with van der Waals surface area (Å²) in [4.78, 5) is 9.10. The Bertz CT molecular complexity index is 2100. The van der Waals surface area contributed by atoms with Crippen molar-refractivity contribution in [3.63, 3.8) is 0 Å². The number of aromatic nitrogens is 2. The summed E-state index contributed by atoms with van der Waals surface area (Å²) in [6.07, 6.45) is 2.29. The number of fused-ring (bicyclic) bond motifs is 3. The first-order valence-electron chi connectivity index (χ1n) is 17.6. The number of thiophene rings is 1. The summed E-state index contributed by atoms with van der Waals surface area (Å²) in [5.41, 5.74) is 5.44. The number of pyridine rings is 2. The number of hydrogen-bond acceptors (Lipinski definition) is 3. The fourth-order valence-electron chi connectivity index (χ4n) is 4.99. The van der Waals surface area contributed by atoms with Crippen LogP contribution in [-0.2, 0) is 26.5 Å². The monoisotopic (exact) mass is 843 g/mol. The smallest absolute Gasteiger partial charge is 0 e. The van der Waals surface area contributed by atoms with Gasteiger partial charge in [-0.25, -0.2) is 0 Å². The van der Waals surface area contributed by atoms with Gasteiger partial charge in [0.15, 0.2) is 0 Å². The van der Waals surface area contributed by atoms with Crippen LogP contribution in [-0.4, -0.2) is 23.2 Å². The summed E-state index contributed by atoms with van der Waals surface area (Å²) >= 11 is -0.644. The molecule has 3 heterocycles. The maximum absolute atomic E-state index is 8.56. The molecule has 2 nitrogen and oxygen atoms in total. The SMILES string of the molecule is [2H]C([2H])([2H])c1ccc2c(c1)sc1c(-c3cc(C([2H])(C)C)ccn3)[c-]ccc12.[2H]C([2H])(c1cc(-c2[c-]cccc2)nc[c]1[Ge]([CH3])([CH3])[CH3])C(C)C.[Ir]. The molecule has 0 aliphatic carbocycles. The Kier molecular flexibility index (Phi) is 8.85. The van der Waals surface area contributed by atoms with Crippen LogP contribution in [0.4, 0.5) is 0 Å². The predicted octanol–water partition coefficient (Wildman–Crippen LogP) is 10.6. The molecule has 0 atom stereocenters. The van der Waals surface area contributed by atoms with Gasteiger partial charge in [0, 0.05) is 36.5 Å². The van der Waals surface area contributed by atoms with E-state index in [9.17, 15) is 0 Å². The maximum atomic E-state index is 8.56. The van der Waals surface area contributed by atoms with Gasteiger partial charge in [0.1, 0.15) is 0 Å². The number of aryl methyl sites for hydroxylation is 1. The van der Waals surface area contributed by atoms with Gasteiger partial charge in [-0.3, -0.25) is 0 Å². The van der Waals surface area contributed by atoms with E-state index in [1.165, 1.54) is 0 Å². The second-order valence-electron chi connectivity index (χ2n) is 12.3. The Balaban J connectivity index is 0.000000225. The van der Waals surface area contributed by atoms with E-state index >= 15 is 0 Å². The van der Waals surface area contributed by atoms with Crippen LogP contribution in [0.5, 0.6) is 0 Å². The molecule has 0 saturated carbocycles. The fraction of sp³-hybridized carbons (Fsp3) is 0.282. The minimum Gasteiger partial charge on any atom is 0 e. The average Bonchev–Trinajstić information content (AvgIpc) is 3.42. The molecule has 0 N–H and O–H groups in total. The molecule has 229 valence electrons. The molecule has 6 rings (SSSR count). The zero-order valence-corrected chi connectivity index (χ0v) is 31.6. The van der Waals surface area contributed by atoms with Gasteiger partial charge >= 0.3 is 128 Å². The van der Waals surface area contributed by atoms with E-state index < -0.39 is 32.4 Å². The second-order valence-corrected chi connectivity index (χ2v) is 23.9. The number of nitrogens with zero attached hydrogens (tertiary/aromatic N) is 2. The van der Waals surface area contributed by atoms with Crippen LogP contribution in [0.2, 0.25) is 17.3 Å². The Labute approximate surface area is 292 Å². The van der Waals surface area contributed by atoms with Gasteiger partial charge in [-0.15, -0.1) is 23.8 Å². The molecule has 0 bridgehead atoms. The summed E-state index contributed by atoms with van der Waals surface area (Å²) in [5, 5.41) is 2.11. The van der Waals surface area contributed by atoms with Crippen molar-refractivity contribution in [1.82, 2.24) is 9.97 Å². The third-order valence-corrected chi connectivity index (χ3v) is 12.6. The van der Waals surface area contributed by atoms with E-state index in [2.05, 4.69) is 39.4 Å². The molecule has 1 radical (unpaired) electrons. The number of rotatable bonds is 6. The Morgan fingerprint density at radius 3 is 2.41 bits per heavy atom. The molecule has 5 heteroatoms. The first-order valence-corrected chi connectivity index (χ1v) is 22.8. The molecule has 0 spiro atoms. The zero-order chi connectivity index (χ0) is 35.9. The van der Waals surface area contributed by atoms with Crippen LogP contribution in [0.15, 0.2) is 85.2 Å². The van der Waals surface area contributed by atoms with Crippen molar-refractivity contribution in [2.24, 2.45) is 5.92 Å². The average molecular weight is 842 g/mol. The van der Waals surface area contributed by atoms with Crippen molar-refractivity contribution in [3.05, 3.63) is 114 Å². The van der Waals surface area contributed by atoms with Gasteiger partial charge in [-0.1, -0.05) is 43.0 Å². The van der Waals surface area contributed by atoms with Gasteiger partial charge < -0.3 is 4.98 Å². The minimum absolute atomic E-state index is 0. The molecule has 6 aromatic rings. The first kappa shape index (κ1) is 26.6.